The zero-order valence-electron chi connectivity index (χ0n) is 16.2. The SMILES string of the molecule is Cc1cc(C(=O)OC(C)C(=O)Nc2cccc(Cl)c2Cl)c(C)n1Cc1ccco1. The highest BCUT2D eigenvalue weighted by atomic mass is 35.5. The summed E-state index contributed by atoms with van der Waals surface area (Å²) in [6, 6.07) is 10.3. The molecular weight excluding hydrogens is 415 g/mol. The summed E-state index contributed by atoms with van der Waals surface area (Å²) in [5.41, 5.74) is 2.36. The number of benzene rings is 1. The van der Waals surface area contributed by atoms with Crippen LogP contribution in [0.5, 0.6) is 0 Å². The van der Waals surface area contributed by atoms with Gasteiger partial charge in [-0.3, -0.25) is 4.79 Å². The Labute approximate surface area is 178 Å². The van der Waals surface area contributed by atoms with E-state index in [-0.39, 0.29) is 5.02 Å². The molecule has 8 heteroatoms. The molecule has 0 saturated carbocycles. The molecule has 1 unspecified atom stereocenters. The van der Waals surface area contributed by atoms with Gasteiger partial charge in [-0.15, -0.1) is 0 Å². The first-order chi connectivity index (χ1) is 13.8. The van der Waals surface area contributed by atoms with Crippen molar-refractivity contribution in [2.75, 3.05) is 5.32 Å². The number of nitrogens with zero attached hydrogens (tertiary/aromatic N) is 1. The van der Waals surface area contributed by atoms with Crippen LogP contribution in [0.4, 0.5) is 5.69 Å². The first-order valence-electron chi connectivity index (χ1n) is 8.93. The second-order valence-electron chi connectivity index (χ2n) is 6.59. The summed E-state index contributed by atoms with van der Waals surface area (Å²) in [6.45, 7) is 5.71. The molecule has 0 bridgehead atoms. The van der Waals surface area contributed by atoms with E-state index in [1.807, 2.05) is 30.5 Å². The fraction of sp³-hybridized carbons (Fsp3) is 0.238. The van der Waals surface area contributed by atoms with Crippen LogP contribution in [0.15, 0.2) is 47.1 Å². The highest BCUT2D eigenvalue weighted by Gasteiger charge is 2.23. The summed E-state index contributed by atoms with van der Waals surface area (Å²) in [6.07, 6.45) is 0.580. The van der Waals surface area contributed by atoms with E-state index in [0.717, 1.165) is 17.1 Å². The fourth-order valence-corrected chi connectivity index (χ4v) is 3.27. The van der Waals surface area contributed by atoms with Crippen LogP contribution in [-0.4, -0.2) is 22.5 Å². The first kappa shape index (κ1) is 21.0. The average molecular weight is 435 g/mol. The minimum atomic E-state index is -1.02. The van der Waals surface area contributed by atoms with Crippen molar-refractivity contribution in [2.45, 2.75) is 33.4 Å². The predicted octanol–water partition coefficient (Wildman–Crippen LogP) is 5.24. The molecule has 0 aliphatic heterocycles. The van der Waals surface area contributed by atoms with Crippen LogP contribution in [0.25, 0.3) is 0 Å². The van der Waals surface area contributed by atoms with Crippen molar-refractivity contribution in [2.24, 2.45) is 0 Å². The van der Waals surface area contributed by atoms with Gasteiger partial charge in [-0.05, 0) is 51.1 Å². The number of rotatable bonds is 6. The van der Waals surface area contributed by atoms with Gasteiger partial charge in [-0.25, -0.2) is 4.79 Å². The van der Waals surface area contributed by atoms with Gasteiger partial charge in [0.2, 0.25) is 0 Å². The van der Waals surface area contributed by atoms with Crippen LogP contribution in [-0.2, 0) is 16.1 Å². The van der Waals surface area contributed by atoms with Crippen LogP contribution in [0.2, 0.25) is 10.0 Å². The maximum absolute atomic E-state index is 12.6. The zero-order valence-corrected chi connectivity index (χ0v) is 17.7. The fourth-order valence-electron chi connectivity index (χ4n) is 2.92. The number of anilines is 1. The highest BCUT2D eigenvalue weighted by molar-refractivity contribution is 6.44. The molecule has 1 atom stereocenters. The molecule has 3 rings (SSSR count). The van der Waals surface area contributed by atoms with E-state index < -0.39 is 18.0 Å². The Bertz CT molecular complexity index is 1040. The molecule has 0 radical (unpaired) electrons. The Morgan fingerprint density at radius 1 is 1.21 bits per heavy atom. The molecule has 152 valence electrons. The molecule has 0 aliphatic carbocycles. The highest BCUT2D eigenvalue weighted by Crippen LogP contribution is 2.29. The van der Waals surface area contributed by atoms with E-state index in [9.17, 15) is 9.59 Å². The van der Waals surface area contributed by atoms with E-state index in [1.54, 1.807) is 30.5 Å². The third kappa shape index (κ3) is 4.66. The summed E-state index contributed by atoms with van der Waals surface area (Å²) >= 11 is 12.0. The number of nitrogens with one attached hydrogen (secondary N) is 1. The quantitative estimate of drug-likeness (QED) is 0.538. The van der Waals surface area contributed by atoms with Gasteiger partial charge in [0, 0.05) is 11.4 Å². The summed E-state index contributed by atoms with van der Waals surface area (Å²) < 4.78 is 12.7. The number of hydrogen-bond donors (Lipinski definition) is 1. The third-order valence-electron chi connectivity index (χ3n) is 4.55. The Hall–Kier alpha value is -2.70. The Morgan fingerprint density at radius 3 is 2.66 bits per heavy atom. The lowest BCUT2D eigenvalue weighted by Gasteiger charge is -2.15. The molecule has 2 aromatic heterocycles. The molecule has 29 heavy (non-hydrogen) atoms. The van der Waals surface area contributed by atoms with Gasteiger partial charge in [0.15, 0.2) is 6.10 Å². The number of hydrogen-bond acceptors (Lipinski definition) is 4. The molecule has 0 aliphatic rings. The van der Waals surface area contributed by atoms with E-state index in [0.29, 0.717) is 22.8 Å². The molecule has 1 amide bonds. The van der Waals surface area contributed by atoms with Crippen LogP contribution < -0.4 is 5.32 Å². The number of carbonyl (C=O) groups is 2. The number of ether oxygens (including phenoxy) is 1. The van der Waals surface area contributed by atoms with Crippen LogP contribution in [0.1, 0.15) is 34.4 Å². The Kier molecular flexibility index (Phi) is 6.35. The molecule has 6 nitrogen and oxygen atoms in total. The lowest BCUT2D eigenvalue weighted by molar-refractivity contribution is -0.123. The second kappa shape index (κ2) is 8.76. The van der Waals surface area contributed by atoms with Gasteiger partial charge in [-0.2, -0.15) is 0 Å². The van der Waals surface area contributed by atoms with E-state index in [2.05, 4.69) is 5.32 Å². The lowest BCUT2D eigenvalue weighted by atomic mass is 10.2. The van der Waals surface area contributed by atoms with E-state index >= 15 is 0 Å². The topological polar surface area (TPSA) is 73.5 Å². The standard InChI is InChI=1S/C21H20Cl2N2O4/c1-12-10-16(13(2)25(12)11-15-6-5-9-28-15)21(27)29-14(3)20(26)24-18-8-4-7-17(22)19(18)23/h4-10,14H,11H2,1-3H3,(H,24,26). The van der Waals surface area contributed by atoms with Crippen molar-refractivity contribution < 1.29 is 18.7 Å². The number of carbonyl (C=O) groups excluding carboxylic acids is 2. The molecule has 0 fully saturated rings. The van der Waals surface area contributed by atoms with Crippen molar-refractivity contribution in [3.63, 3.8) is 0 Å². The maximum atomic E-state index is 12.6. The average Bonchev–Trinajstić information content (AvgIpc) is 3.29. The van der Waals surface area contributed by atoms with Crippen LogP contribution in [0.3, 0.4) is 0 Å². The van der Waals surface area contributed by atoms with Crippen molar-refractivity contribution in [3.05, 3.63) is 75.4 Å². The Morgan fingerprint density at radius 2 is 1.97 bits per heavy atom. The zero-order chi connectivity index (χ0) is 21.1. The van der Waals surface area contributed by atoms with E-state index in [1.165, 1.54) is 6.92 Å². The van der Waals surface area contributed by atoms with Crippen LogP contribution in [0, 0.1) is 13.8 Å². The van der Waals surface area contributed by atoms with E-state index in [4.69, 9.17) is 32.4 Å². The maximum Gasteiger partial charge on any atom is 0.340 e. The molecule has 0 saturated heterocycles. The third-order valence-corrected chi connectivity index (χ3v) is 5.37. The molecule has 1 N–H and O–H groups in total. The minimum absolute atomic E-state index is 0.225. The second-order valence-corrected chi connectivity index (χ2v) is 7.37. The van der Waals surface area contributed by atoms with Gasteiger partial charge in [0.25, 0.3) is 5.91 Å². The number of amides is 1. The summed E-state index contributed by atoms with van der Waals surface area (Å²) in [7, 11) is 0. The molecule has 3 aromatic rings. The van der Waals surface area contributed by atoms with Crippen molar-refractivity contribution >= 4 is 40.8 Å². The predicted molar refractivity (Wildman–Crippen MR) is 112 cm³/mol. The van der Waals surface area contributed by atoms with Crippen molar-refractivity contribution in [3.8, 4) is 0 Å². The number of esters is 1. The van der Waals surface area contributed by atoms with Crippen molar-refractivity contribution in [1.82, 2.24) is 4.57 Å². The van der Waals surface area contributed by atoms with Gasteiger partial charge >= 0.3 is 5.97 Å². The number of aryl methyl sites for hydroxylation is 1. The number of aromatic nitrogens is 1. The largest absolute Gasteiger partial charge is 0.467 e. The summed E-state index contributed by atoms with van der Waals surface area (Å²) in [5.74, 6) is -0.312. The smallest absolute Gasteiger partial charge is 0.340 e. The minimum Gasteiger partial charge on any atom is -0.467 e. The molecule has 2 heterocycles. The number of furan rings is 1. The van der Waals surface area contributed by atoms with Gasteiger partial charge < -0.3 is 19.0 Å². The number of halogens is 2. The first-order valence-corrected chi connectivity index (χ1v) is 9.68. The summed E-state index contributed by atoms with van der Waals surface area (Å²) in [4.78, 5) is 25.0. The van der Waals surface area contributed by atoms with Gasteiger partial charge in [0.05, 0.1) is 34.1 Å². The molecule has 1 aromatic carbocycles. The van der Waals surface area contributed by atoms with Gasteiger partial charge in [-0.1, -0.05) is 29.3 Å². The molecule has 0 spiro atoms. The Balaban J connectivity index is 1.69. The van der Waals surface area contributed by atoms with Crippen molar-refractivity contribution in [1.29, 1.82) is 0 Å². The summed E-state index contributed by atoms with van der Waals surface area (Å²) in [5, 5.41) is 3.16. The molecular formula is C21H20Cl2N2O4. The van der Waals surface area contributed by atoms with Gasteiger partial charge in [0.1, 0.15) is 5.76 Å². The van der Waals surface area contributed by atoms with Crippen LogP contribution >= 0.6 is 23.2 Å². The monoisotopic (exact) mass is 434 g/mol. The normalized spacial score (nSPS) is 11.9. The lowest BCUT2D eigenvalue weighted by Crippen LogP contribution is -2.30.